The molecule has 1 rings (SSSR count). The fraction of sp³-hybridized carbons (Fsp3) is 0.700. The fourth-order valence-corrected chi connectivity index (χ4v) is 1.38. The molecule has 0 saturated heterocycles. The summed E-state index contributed by atoms with van der Waals surface area (Å²) in [6.07, 6.45) is 2.38. The van der Waals surface area contributed by atoms with Crippen molar-refractivity contribution in [2.45, 2.75) is 25.9 Å². The van der Waals surface area contributed by atoms with Crippen LogP contribution in [0.25, 0.3) is 0 Å². The average Bonchev–Trinajstić information content (AvgIpc) is 2.50. The Bertz CT molecular complexity index is 295. The van der Waals surface area contributed by atoms with Gasteiger partial charge in [0.1, 0.15) is 0 Å². The van der Waals surface area contributed by atoms with Crippen LogP contribution in [0.2, 0.25) is 0 Å². The van der Waals surface area contributed by atoms with Crippen LogP contribution in [0, 0.1) is 5.92 Å². The van der Waals surface area contributed by atoms with Crippen LogP contribution < -0.4 is 5.73 Å². The van der Waals surface area contributed by atoms with Crippen LogP contribution in [-0.4, -0.2) is 27.0 Å². The summed E-state index contributed by atoms with van der Waals surface area (Å²) in [6.45, 7) is 4.20. The van der Waals surface area contributed by atoms with E-state index in [1.807, 2.05) is 33.2 Å². The van der Waals surface area contributed by atoms with Crippen LogP contribution in [0.4, 0.5) is 0 Å². The molecule has 0 bridgehead atoms. The molecule has 0 amide bonds. The number of rotatable bonds is 4. The molecule has 1 atom stereocenters. The number of hydrogen-bond acceptors (Lipinski definition) is 3. The normalized spacial score (nSPS) is 15.9. The zero-order chi connectivity index (χ0) is 10.8. The highest BCUT2D eigenvalue weighted by Crippen LogP contribution is 2.20. The quantitative estimate of drug-likeness (QED) is 0.730. The highest BCUT2D eigenvalue weighted by Gasteiger charge is 2.30. The average molecular weight is 197 g/mol. The number of aromatic nitrogens is 2. The maximum atomic E-state index is 10.2. The van der Waals surface area contributed by atoms with Crippen molar-refractivity contribution in [2.24, 2.45) is 18.7 Å². The molecule has 4 heteroatoms. The number of hydrogen-bond donors (Lipinski definition) is 2. The van der Waals surface area contributed by atoms with Crippen LogP contribution in [-0.2, 0) is 13.5 Å². The van der Waals surface area contributed by atoms with Crippen LogP contribution >= 0.6 is 0 Å². The molecule has 1 heterocycles. The highest BCUT2D eigenvalue weighted by atomic mass is 16.3. The summed E-state index contributed by atoms with van der Waals surface area (Å²) in [5, 5.41) is 14.4. The summed E-state index contributed by atoms with van der Waals surface area (Å²) >= 11 is 0. The van der Waals surface area contributed by atoms with Crippen molar-refractivity contribution in [1.29, 1.82) is 0 Å². The SMILES string of the molecule is CC(C)C(O)(CN)Cc1ccn(C)n1. The zero-order valence-electron chi connectivity index (χ0n) is 9.07. The summed E-state index contributed by atoms with van der Waals surface area (Å²) in [5.74, 6) is 0.134. The lowest BCUT2D eigenvalue weighted by molar-refractivity contribution is 0.00314. The van der Waals surface area contributed by atoms with E-state index in [0.29, 0.717) is 6.42 Å². The Morgan fingerprint density at radius 2 is 2.29 bits per heavy atom. The van der Waals surface area contributed by atoms with Crippen LogP contribution in [0.1, 0.15) is 19.5 Å². The molecular weight excluding hydrogens is 178 g/mol. The molecule has 14 heavy (non-hydrogen) atoms. The zero-order valence-corrected chi connectivity index (χ0v) is 9.07. The Balaban J connectivity index is 2.75. The Morgan fingerprint density at radius 3 is 2.64 bits per heavy atom. The molecule has 0 fully saturated rings. The van der Waals surface area contributed by atoms with Crippen molar-refractivity contribution in [1.82, 2.24) is 9.78 Å². The third-order valence-electron chi connectivity index (χ3n) is 2.68. The highest BCUT2D eigenvalue weighted by molar-refractivity contribution is 5.05. The van der Waals surface area contributed by atoms with E-state index in [0.717, 1.165) is 5.69 Å². The van der Waals surface area contributed by atoms with Gasteiger partial charge in [-0.2, -0.15) is 5.10 Å². The van der Waals surface area contributed by atoms with E-state index in [1.165, 1.54) is 0 Å². The van der Waals surface area contributed by atoms with Crippen LogP contribution in [0.15, 0.2) is 12.3 Å². The topological polar surface area (TPSA) is 64.1 Å². The lowest BCUT2D eigenvalue weighted by Gasteiger charge is -2.29. The van der Waals surface area contributed by atoms with Gasteiger partial charge in [0.25, 0.3) is 0 Å². The minimum Gasteiger partial charge on any atom is -0.388 e. The molecule has 0 aliphatic heterocycles. The monoisotopic (exact) mass is 197 g/mol. The van der Waals surface area contributed by atoms with Crippen LogP contribution in [0.3, 0.4) is 0 Å². The summed E-state index contributed by atoms with van der Waals surface area (Å²) in [4.78, 5) is 0. The Hall–Kier alpha value is -0.870. The van der Waals surface area contributed by atoms with E-state index in [2.05, 4.69) is 5.10 Å². The molecule has 0 aromatic carbocycles. The summed E-state index contributed by atoms with van der Waals surface area (Å²) in [5.41, 5.74) is 5.62. The molecule has 0 saturated carbocycles. The summed E-state index contributed by atoms with van der Waals surface area (Å²) < 4.78 is 1.73. The van der Waals surface area contributed by atoms with Crippen molar-refractivity contribution in [3.8, 4) is 0 Å². The van der Waals surface area contributed by atoms with Crippen molar-refractivity contribution >= 4 is 0 Å². The Morgan fingerprint density at radius 1 is 1.64 bits per heavy atom. The van der Waals surface area contributed by atoms with Gasteiger partial charge >= 0.3 is 0 Å². The molecule has 0 spiro atoms. The van der Waals surface area contributed by atoms with Gasteiger partial charge in [-0.05, 0) is 12.0 Å². The lowest BCUT2D eigenvalue weighted by Crippen LogP contribution is -2.45. The van der Waals surface area contributed by atoms with Gasteiger partial charge in [-0.25, -0.2) is 0 Å². The Labute approximate surface area is 84.7 Å². The van der Waals surface area contributed by atoms with Crippen molar-refractivity contribution < 1.29 is 5.11 Å². The van der Waals surface area contributed by atoms with Crippen LogP contribution in [0.5, 0.6) is 0 Å². The minimum absolute atomic E-state index is 0.134. The predicted octanol–water partition coefficient (Wildman–Crippen LogP) is 0.308. The van der Waals surface area contributed by atoms with E-state index >= 15 is 0 Å². The Kier molecular flexibility index (Phi) is 3.29. The van der Waals surface area contributed by atoms with Gasteiger partial charge in [-0.3, -0.25) is 4.68 Å². The number of aliphatic hydroxyl groups is 1. The van der Waals surface area contributed by atoms with E-state index in [4.69, 9.17) is 5.73 Å². The lowest BCUT2D eigenvalue weighted by atomic mass is 9.86. The van der Waals surface area contributed by atoms with Gasteiger partial charge in [0.15, 0.2) is 0 Å². The first-order valence-corrected chi connectivity index (χ1v) is 4.89. The van der Waals surface area contributed by atoms with Gasteiger partial charge in [0.05, 0.1) is 11.3 Å². The van der Waals surface area contributed by atoms with Gasteiger partial charge < -0.3 is 10.8 Å². The maximum Gasteiger partial charge on any atom is 0.0847 e. The van der Waals surface area contributed by atoms with Gasteiger partial charge in [0.2, 0.25) is 0 Å². The van der Waals surface area contributed by atoms with Crippen molar-refractivity contribution in [2.75, 3.05) is 6.54 Å². The van der Waals surface area contributed by atoms with Gasteiger partial charge in [0, 0.05) is 26.2 Å². The second kappa shape index (κ2) is 4.11. The summed E-state index contributed by atoms with van der Waals surface area (Å²) in [7, 11) is 1.86. The van der Waals surface area contributed by atoms with Gasteiger partial charge in [-0.15, -0.1) is 0 Å². The summed E-state index contributed by atoms with van der Waals surface area (Å²) in [6, 6.07) is 1.91. The maximum absolute atomic E-state index is 10.2. The predicted molar refractivity (Wildman–Crippen MR) is 55.8 cm³/mol. The largest absolute Gasteiger partial charge is 0.388 e. The number of nitrogens with two attached hydrogens (primary N) is 1. The molecule has 0 radical (unpaired) electrons. The van der Waals surface area contributed by atoms with Gasteiger partial charge in [-0.1, -0.05) is 13.8 Å². The second-order valence-electron chi connectivity index (χ2n) is 4.12. The standard InChI is InChI=1S/C10H19N3O/c1-8(2)10(14,7-11)6-9-4-5-13(3)12-9/h4-5,8,14H,6-7,11H2,1-3H3. The first-order chi connectivity index (χ1) is 6.48. The van der Waals surface area contributed by atoms with E-state index in [9.17, 15) is 5.11 Å². The third kappa shape index (κ3) is 2.33. The molecule has 0 aliphatic rings. The number of aryl methyl sites for hydroxylation is 1. The molecule has 1 aromatic heterocycles. The smallest absolute Gasteiger partial charge is 0.0847 e. The van der Waals surface area contributed by atoms with E-state index < -0.39 is 5.60 Å². The molecule has 1 aromatic rings. The van der Waals surface area contributed by atoms with Crippen molar-refractivity contribution in [3.63, 3.8) is 0 Å². The fourth-order valence-electron chi connectivity index (χ4n) is 1.38. The second-order valence-corrected chi connectivity index (χ2v) is 4.12. The molecule has 80 valence electrons. The first kappa shape index (κ1) is 11.2. The number of nitrogens with zero attached hydrogens (tertiary/aromatic N) is 2. The molecule has 4 nitrogen and oxygen atoms in total. The van der Waals surface area contributed by atoms with Crippen molar-refractivity contribution in [3.05, 3.63) is 18.0 Å². The molecule has 1 unspecified atom stereocenters. The molecule has 3 N–H and O–H groups in total. The first-order valence-electron chi connectivity index (χ1n) is 4.89. The third-order valence-corrected chi connectivity index (χ3v) is 2.68. The van der Waals surface area contributed by atoms with E-state index in [1.54, 1.807) is 4.68 Å². The van der Waals surface area contributed by atoms with E-state index in [-0.39, 0.29) is 12.5 Å². The molecule has 0 aliphatic carbocycles. The molecular formula is C10H19N3O. The minimum atomic E-state index is -0.839.